The molecule has 4 rings (SSSR count). The van der Waals surface area contributed by atoms with E-state index in [0.29, 0.717) is 12.0 Å². The zero-order valence-corrected chi connectivity index (χ0v) is 19.9. The second-order valence-electron chi connectivity index (χ2n) is 10.5. The molecule has 0 radical (unpaired) electrons. The van der Waals surface area contributed by atoms with Crippen LogP contribution in [0.4, 0.5) is 5.69 Å². The summed E-state index contributed by atoms with van der Waals surface area (Å²) in [4.78, 5) is 15.8. The van der Waals surface area contributed by atoms with Gasteiger partial charge in [-0.3, -0.25) is 4.79 Å². The van der Waals surface area contributed by atoms with Crippen LogP contribution in [-0.4, -0.2) is 24.0 Å². The summed E-state index contributed by atoms with van der Waals surface area (Å²) in [7, 11) is 0. The van der Waals surface area contributed by atoms with Gasteiger partial charge in [-0.25, -0.2) is 0 Å². The smallest absolute Gasteiger partial charge is 0.225 e. The van der Waals surface area contributed by atoms with E-state index in [0.717, 1.165) is 38.6 Å². The van der Waals surface area contributed by atoms with E-state index in [2.05, 4.69) is 74.3 Å². The lowest BCUT2D eigenvalue weighted by molar-refractivity contribution is -0.126. The summed E-state index contributed by atoms with van der Waals surface area (Å²) < 4.78 is 0. The van der Waals surface area contributed by atoms with Crippen LogP contribution in [0.2, 0.25) is 0 Å². The number of hydrogen-bond acceptors (Lipinski definition) is 2. The number of rotatable bonds is 4. The van der Waals surface area contributed by atoms with Gasteiger partial charge in [0.25, 0.3) is 0 Å². The monoisotopic (exact) mass is 420 g/mol. The first-order valence-electron chi connectivity index (χ1n) is 12.4. The van der Waals surface area contributed by atoms with Crippen LogP contribution in [0.1, 0.15) is 77.7 Å². The minimum atomic E-state index is 0.0225. The highest BCUT2D eigenvalue weighted by molar-refractivity contribution is 5.80. The van der Waals surface area contributed by atoms with E-state index in [9.17, 15) is 4.79 Å². The van der Waals surface area contributed by atoms with Crippen LogP contribution >= 0.6 is 0 Å². The molecule has 1 unspecified atom stereocenters. The Morgan fingerprint density at radius 3 is 2.42 bits per heavy atom. The average molecular weight is 421 g/mol. The number of carbonyl (C=O) groups excluding carboxylic acids is 1. The molecule has 0 spiro atoms. The van der Waals surface area contributed by atoms with E-state index < -0.39 is 0 Å². The van der Waals surface area contributed by atoms with E-state index >= 15 is 0 Å². The van der Waals surface area contributed by atoms with Gasteiger partial charge in [-0.1, -0.05) is 60.3 Å². The fraction of sp³-hybridized carbons (Fsp3) is 0.607. The summed E-state index contributed by atoms with van der Waals surface area (Å²) in [5.74, 6) is 0.832. The van der Waals surface area contributed by atoms with Gasteiger partial charge in [0.2, 0.25) is 5.91 Å². The molecule has 3 aliphatic rings. The highest BCUT2D eigenvalue weighted by Gasteiger charge is 2.46. The van der Waals surface area contributed by atoms with Crippen LogP contribution in [0.5, 0.6) is 0 Å². The molecule has 3 nitrogen and oxygen atoms in total. The zero-order chi connectivity index (χ0) is 22.0. The van der Waals surface area contributed by atoms with Crippen molar-refractivity contribution in [3.63, 3.8) is 0 Å². The summed E-state index contributed by atoms with van der Waals surface area (Å²) in [6.45, 7) is 9.87. The summed E-state index contributed by atoms with van der Waals surface area (Å²) in [5.41, 5.74) is 5.41. The number of nitrogens with one attached hydrogen (secondary N) is 1. The lowest BCUT2D eigenvalue weighted by Gasteiger charge is -2.53. The van der Waals surface area contributed by atoms with Crippen molar-refractivity contribution in [1.82, 2.24) is 5.32 Å². The molecule has 1 saturated heterocycles. The first-order valence-corrected chi connectivity index (χ1v) is 12.4. The van der Waals surface area contributed by atoms with Gasteiger partial charge >= 0.3 is 0 Å². The van der Waals surface area contributed by atoms with Gasteiger partial charge in [0.05, 0.1) is 5.92 Å². The molecule has 168 valence electrons. The van der Waals surface area contributed by atoms with Gasteiger partial charge in [0.15, 0.2) is 0 Å². The molecule has 1 heterocycles. The topological polar surface area (TPSA) is 32.3 Å². The molecular weight excluding hydrogens is 380 g/mol. The maximum absolute atomic E-state index is 13.2. The molecule has 1 aliphatic heterocycles. The van der Waals surface area contributed by atoms with Crippen molar-refractivity contribution in [2.45, 2.75) is 90.6 Å². The summed E-state index contributed by atoms with van der Waals surface area (Å²) in [6, 6.07) is 9.29. The molecule has 1 N–H and O–H groups in total. The predicted molar refractivity (Wildman–Crippen MR) is 130 cm³/mol. The number of amides is 1. The molecule has 1 amide bonds. The molecule has 1 aromatic carbocycles. The van der Waals surface area contributed by atoms with Crippen molar-refractivity contribution in [3.05, 3.63) is 53.1 Å². The Morgan fingerprint density at radius 1 is 1.03 bits per heavy atom. The van der Waals surface area contributed by atoms with Crippen molar-refractivity contribution in [1.29, 1.82) is 0 Å². The molecule has 3 heteroatoms. The molecule has 1 saturated carbocycles. The molecule has 1 aromatic rings. The van der Waals surface area contributed by atoms with Crippen LogP contribution in [0.25, 0.3) is 0 Å². The summed E-state index contributed by atoms with van der Waals surface area (Å²) in [6.07, 6.45) is 14.0. The third kappa shape index (κ3) is 4.76. The lowest BCUT2D eigenvalue weighted by atomic mass is 9.69. The Morgan fingerprint density at radius 2 is 1.74 bits per heavy atom. The molecule has 31 heavy (non-hydrogen) atoms. The van der Waals surface area contributed by atoms with Gasteiger partial charge < -0.3 is 10.2 Å². The summed E-state index contributed by atoms with van der Waals surface area (Å²) >= 11 is 0. The quantitative estimate of drug-likeness (QED) is 0.617. The second-order valence-corrected chi connectivity index (χ2v) is 10.5. The van der Waals surface area contributed by atoms with Crippen LogP contribution in [0.3, 0.4) is 0 Å². The van der Waals surface area contributed by atoms with Gasteiger partial charge in [-0.2, -0.15) is 0 Å². The molecule has 2 aliphatic carbocycles. The van der Waals surface area contributed by atoms with Gasteiger partial charge in [-0.05, 0) is 71.9 Å². The van der Waals surface area contributed by atoms with E-state index in [-0.39, 0.29) is 17.4 Å². The van der Waals surface area contributed by atoms with Crippen molar-refractivity contribution in [2.75, 3.05) is 11.4 Å². The van der Waals surface area contributed by atoms with E-state index in [4.69, 9.17) is 0 Å². The van der Waals surface area contributed by atoms with Gasteiger partial charge in [0.1, 0.15) is 0 Å². The Hall–Kier alpha value is -2.03. The first kappa shape index (κ1) is 22.2. The molecule has 3 atom stereocenters. The Labute approximate surface area is 189 Å². The van der Waals surface area contributed by atoms with Crippen molar-refractivity contribution < 1.29 is 4.79 Å². The summed E-state index contributed by atoms with van der Waals surface area (Å²) in [5, 5.41) is 3.40. The highest BCUT2D eigenvalue weighted by Crippen LogP contribution is 2.45. The number of hydrogen-bond donors (Lipinski definition) is 1. The lowest BCUT2D eigenvalue weighted by Crippen LogP contribution is -2.59. The molecule has 0 aromatic heterocycles. The third-order valence-electron chi connectivity index (χ3n) is 8.12. The van der Waals surface area contributed by atoms with E-state index in [1.54, 1.807) is 0 Å². The molecule has 0 bridgehead atoms. The van der Waals surface area contributed by atoms with Crippen LogP contribution in [0, 0.1) is 18.8 Å². The fourth-order valence-corrected chi connectivity index (χ4v) is 6.14. The number of anilines is 1. The van der Waals surface area contributed by atoms with E-state index in [1.807, 2.05) is 0 Å². The van der Waals surface area contributed by atoms with E-state index in [1.165, 1.54) is 41.7 Å². The largest absolute Gasteiger partial charge is 0.365 e. The Bertz CT molecular complexity index is 846. The maximum Gasteiger partial charge on any atom is 0.225 e. The SMILES string of the molecule is CC1=CCC([C@]2(C)CC[C@@H](C(=O)NC3CCCCC3)CN2c2ccc(C)cc2)C(C)=C1. The van der Waals surface area contributed by atoms with Crippen molar-refractivity contribution >= 4 is 11.6 Å². The van der Waals surface area contributed by atoms with Crippen LogP contribution in [-0.2, 0) is 4.79 Å². The number of carbonyl (C=O) groups is 1. The average Bonchev–Trinajstić information content (AvgIpc) is 2.75. The highest BCUT2D eigenvalue weighted by atomic mass is 16.2. The zero-order valence-electron chi connectivity index (χ0n) is 19.9. The first-order chi connectivity index (χ1) is 14.9. The normalized spacial score (nSPS) is 29.9. The fourth-order valence-electron chi connectivity index (χ4n) is 6.14. The number of aryl methyl sites for hydroxylation is 1. The number of benzene rings is 1. The molecule has 2 fully saturated rings. The maximum atomic E-state index is 13.2. The third-order valence-corrected chi connectivity index (χ3v) is 8.12. The molecular formula is C28H40N2O. The minimum absolute atomic E-state index is 0.0225. The van der Waals surface area contributed by atoms with Gasteiger partial charge in [-0.15, -0.1) is 0 Å². The van der Waals surface area contributed by atoms with Gasteiger partial charge in [0, 0.05) is 29.7 Å². The second kappa shape index (κ2) is 9.22. The minimum Gasteiger partial charge on any atom is -0.365 e. The standard InChI is InChI=1S/C28H40N2O/c1-20-10-13-25(14-11-20)30-19-23(27(31)29-24-8-6-5-7-9-24)16-17-28(30,4)26-15-12-21(2)18-22(26)3/h10-14,18,23-24,26H,5-9,15-17,19H2,1-4H3,(H,29,31)/t23-,26?,28+/m1/s1. The number of piperidine rings is 1. The number of allylic oxidation sites excluding steroid dienone is 3. The predicted octanol–water partition coefficient (Wildman–Crippen LogP) is 6.33. The Balaban J connectivity index is 1.57. The number of nitrogens with zero attached hydrogens (tertiary/aromatic N) is 1. The van der Waals surface area contributed by atoms with Crippen molar-refractivity contribution in [2.24, 2.45) is 11.8 Å². The van der Waals surface area contributed by atoms with Crippen LogP contribution < -0.4 is 10.2 Å². The Kier molecular flexibility index (Phi) is 6.60. The van der Waals surface area contributed by atoms with Crippen molar-refractivity contribution in [3.8, 4) is 0 Å². The van der Waals surface area contributed by atoms with Crippen LogP contribution in [0.15, 0.2) is 47.6 Å².